The van der Waals surface area contributed by atoms with Gasteiger partial charge in [0, 0.05) is 29.7 Å². The van der Waals surface area contributed by atoms with Gasteiger partial charge in [0.05, 0.1) is 0 Å². The van der Waals surface area contributed by atoms with Crippen molar-refractivity contribution in [2.75, 3.05) is 12.4 Å². The predicted octanol–water partition coefficient (Wildman–Crippen LogP) is 2.35. The molecular formula is C14H25NO2S. The first-order chi connectivity index (χ1) is 8.40. The predicted molar refractivity (Wildman–Crippen MR) is 77.7 cm³/mol. The van der Waals surface area contributed by atoms with E-state index < -0.39 is 0 Å². The summed E-state index contributed by atoms with van der Waals surface area (Å²) in [6, 6.07) is 0.116. The molecule has 18 heavy (non-hydrogen) atoms. The molecule has 0 aliphatic heterocycles. The highest BCUT2D eigenvalue weighted by Crippen LogP contribution is 2.24. The van der Waals surface area contributed by atoms with Crippen molar-refractivity contribution in [2.24, 2.45) is 5.92 Å². The Bertz CT molecular complexity index is 297. The van der Waals surface area contributed by atoms with E-state index >= 15 is 0 Å². The van der Waals surface area contributed by atoms with Gasteiger partial charge >= 0.3 is 0 Å². The van der Waals surface area contributed by atoms with E-state index in [0.717, 1.165) is 18.6 Å². The number of aliphatic hydroxyl groups is 1. The molecule has 0 radical (unpaired) electrons. The minimum atomic E-state index is 0.116. The van der Waals surface area contributed by atoms with Gasteiger partial charge in [-0.3, -0.25) is 4.79 Å². The topological polar surface area (TPSA) is 49.3 Å². The van der Waals surface area contributed by atoms with Gasteiger partial charge in [-0.2, -0.15) is 11.8 Å². The molecule has 1 amide bonds. The molecule has 0 unspecified atom stereocenters. The minimum absolute atomic E-state index is 0.116. The Hall–Kier alpha value is -0.480. The fraction of sp³-hybridized carbons (Fsp3) is 0.786. The highest BCUT2D eigenvalue weighted by atomic mass is 32.2. The van der Waals surface area contributed by atoms with Gasteiger partial charge in [-0.25, -0.2) is 0 Å². The van der Waals surface area contributed by atoms with E-state index in [4.69, 9.17) is 5.11 Å². The van der Waals surface area contributed by atoms with Gasteiger partial charge in [0.25, 0.3) is 0 Å². The van der Waals surface area contributed by atoms with Gasteiger partial charge in [-0.1, -0.05) is 32.9 Å². The van der Waals surface area contributed by atoms with Crippen molar-refractivity contribution in [3.8, 4) is 0 Å². The van der Waals surface area contributed by atoms with Crippen molar-refractivity contribution in [1.82, 2.24) is 5.32 Å². The van der Waals surface area contributed by atoms with Crippen LogP contribution in [0.2, 0.25) is 0 Å². The summed E-state index contributed by atoms with van der Waals surface area (Å²) < 4.78 is 0.277. The molecule has 0 bridgehead atoms. The van der Waals surface area contributed by atoms with Crippen molar-refractivity contribution in [3.05, 3.63) is 12.2 Å². The van der Waals surface area contributed by atoms with E-state index in [1.54, 1.807) is 0 Å². The van der Waals surface area contributed by atoms with E-state index in [2.05, 4.69) is 26.1 Å². The van der Waals surface area contributed by atoms with Crippen LogP contribution in [0.3, 0.4) is 0 Å². The summed E-state index contributed by atoms with van der Waals surface area (Å²) in [7, 11) is 0. The monoisotopic (exact) mass is 271 g/mol. The average molecular weight is 271 g/mol. The zero-order valence-electron chi connectivity index (χ0n) is 11.6. The first-order valence-corrected chi connectivity index (χ1v) is 7.62. The molecule has 0 saturated carbocycles. The molecular weight excluding hydrogens is 246 g/mol. The number of nitrogens with one attached hydrogen (secondary N) is 1. The Kier molecular flexibility index (Phi) is 6.22. The highest BCUT2D eigenvalue weighted by Gasteiger charge is 2.19. The van der Waals surface area contributed by atoms with E-state index in [-0.39, 0.29) is 29.2 Å². The number of amides is 1. The minimum Gasteiger partial charge on any atom is -0.396 e. The van der Waals surface area contributed by atoms with E-state index in [1.807, 2.05) is 23.9 Å². The van der Waals surface area contributed by atoms with Gasteiger partial charge < -0.3 is 10.4 Å². The molecule has 2 N–H and O–H groups in total. The Labute approximate surface area is 114 Å². The molecule has 2 atom stereocenters. The Morgan fingerprint density at radius 2 is 2.17 bits per heavy atom. The Balaban J connectivity index is 2.10. The van der Waals surface area contributed by atoms with Gasteiger partial charge in [0.1, 0.15) is 0 Å². The first-order valence-electron chi connectivity index (χ1n) is 6.63. The molecule has 0 heterocycles. The summed E-state index contributed by atoms with van der Waals surface area (Å²) in [5.41, 5.74) is 0. The number of hydrogen-bond donors (Lipinski definition) is 2. The van der Waals surface area contributed by atoms with Crippen LogP contribution < -0.4 is 5.32 Å². The van der Waals surface area contributed by atoms with Crippen LogP contribution in [-0.4, -0.2) is 34.2 Å². The Morgan fingerprint density at radius 3 is 2.72 bits per heavy atom. The lowest BCUT2D eigenvalue weighted by molar-refractivity contribution is -0.121. The molecule has 0 fully saturated rings. The summed E-state index contributed by atoms with van der Waals surface area (Å²) >= 11 is 1.90. The zero-order valence-corrected chi connectivity index (χ0v) is 12.4. The highest BCUT2D eigenvalue weighted by molar-refractivity contribution is 8.00. The summed E-state index contributed by atoms with van der Waals surface area (Å²) in [6.45, 7) is 6.74. The summed E-state index contributed by atoms with van der Waals surface area (Å²) in [5.74, 6) is 1.36. The van der Waals surface area contributed by atoms with Crippen LogP contribution in [0.25, 0.3) is 0 Å². The molecule has 1 rings (SSSR count). The van der Waals surface area contributed by atoms with Crippen LogP contribution in [0.4, 0.5) is 0 Å². The summed E-state index contributed by atoms with van der Waals surface area (Å²) in [5, 5.41) is 12.0. The van der Waals surface area contributed by atoms with Crippen LogP contribution in [0.1, 0.15) is 40.0 Å². The third-order valence-electron chi connectivity index (χ3n) is 2.84. The number of thioether (sulfide) groups is 1. The van der Waals surface area contributed by atoms with Crippen LogP contribution in [-0.2, 0) is 4.79 Å². The molecule has 104 valence electrons. The number of aliphatic hydroxyl groups excluding tert-OH is 1. The van der Waals surface area contributed by atoms with Crippen LogP contribution >= 0.6 is 11.8 Å². The van der Waals surface area contributed by atoms with E-state index in [1.165, 1.54) is 0 Å². The maximum Gasteiger partial charge on any atom is 0.220 e. The Morgan fingerprint density at radius 1 is 1.44 bits per heavy atom. The summed E-state index contributed by atoms with van der Waals surface area (Å²) in [4.78, 5) is 11.7. The van der Waals surface area contributed by atoms with Crippen molar-refractivity contribution < 1.29 is 9.90 Å². The molecule has 0 aromatic heterocycles. The molecule has 0 aromatic carbocycles. The lowest BCUT2D eigenvalue weighted by Crippen LogP contribution is -2.32. The van der Waals surface area contributed by atoms with Crippen molar-refractivity contribution in [3.63, 3.8) is 0 Å². The molecule has 1 aliphatic carbocycles. The van der Waals surface area contributed by atoms with Gasteiger partial charge in [0.15, 0.2) is 0 Å². The lowest BCUT2D eigenvalue weighted by atomic mass is 10.1. The first kappa shape index (κ1) is 15.6. The quantitative estimate of drug-likeness (QED) is 0.576. The van der Waals surface area contributed by atoms with Crippen LogP contribution in [0.15, 0.2) is 12.2 Å². The maximum absolute atomic E-state index is 11.7. The van der Waals surface area contributed by atoms with E-state index in [9.17, 15) is 4.79 Å². The second kappa shape index (κ2) is 7.19. The molecule has 4 heteroatoms. The number of carbonyl (C=O) groups excluding carboxylic acids is 1. The normalized spacial score (nSPS) is 23.3. The second-order valence-electron chi connectivity index (χ2n) is 5.80. The number of carbonyl (C=O) groups is 1. The largest absolute Gasteiger partial charge is 0.396 e. The lowest BCUT2D eigenvalue weighted by Gasteiger charge is -2.17. The second-order valence-corrected chi connectivity index (χ2v) is 7.72. The smallest absolute Gasteiger partial charge is 0.220 e. The zero-order chi connectivity index (χ0) is 13.6. The van der Waals surface area contributed by atoms with Crippen molar-refractivity contribution in [2.45, 2.75) is 50.8 Å². The molecule has 0 aromatic rings. The third kappa shape index (κ3) is 6.45. The van der Waals surface area contributed by atoms with Crippen molar-refractivity contribution >= 4 is 17.7 Å². The van der Waals surface area contributed by atoms with Gasteiger partial charge in [-0.05, 0) is 18.6 Å². The molecule has 0 saturated heterocycles. The molecule has 0 spiro atoms. The molecule has 3 nitrogen and oxygen atoms in total. The van der Waals surface area contributed by atoms with E-state index in [0.29, 0.717) is 6.42 Å². The SMILES string of the molecule is CC(C)(C)SCCCC(=O)N[C@@H]1C=C[C@H](CO)C1. The van der Waals surface area contributed by atoms with Crippen molar-refractivity contribution in [1.29, 1.82) is 0 Å². The number of rotatable bonds is 6. The van der Waals surface area contributed by atoms with Gasteiger partial charge in [-0.15, -0.1) is 0 Å². The van der Waals surface area contributed by atoms with Crippen LogP contribution in [0, 0.1) is 5.92 Å². The fourth-order valence-corrected chi connectivity index (χ4v) is 2.81. The maximum atomic E-state index is 11.7. The third-order valence-corrected chi connectivity index (χ3v) is 4.20. The average Bonchev–Trinajstić information content (AvgIpc) is 2.71. The standard InChI is InChI=1S/C14H25NO2S/c1-14(2,3)18-8-4-5-13(17)15-12-7-6-11(9-12)10-16/h6-7,11-12,16H,4-5,8-10H2,1-3H3,(H,15,17)/t11-,12+/m0/s1. The van der Waals surface area contributed by atoms with Crippen LogP contribution in [0.5, 0.6) is 0 Å². The fourth-order valence-electron chi connectivity index (χ4n) is 1.91. The molecule has 1 aliphatic rings. The summed E-state index contributed by atoms with van der Waals surface area (Å²) in [6.07, 6.45) is 6.33. The number of hydrogen-bond acceptors (Lipinski definition) is 3. The van der Waals surface area contributed by atoms with Gasteiger partial charge in [0.2, 0.25) is 5.91 Å².